The van der Waals surface area contributed by atoms with Crippen LogP contribution in [0, 0.1) is 6.07 Å². The summed E-state index contributed by atoms with van der Waals surface area (Å²) in [6.45, 7) is 4.69. The van der Waals surface area contributed by atoms with Crippen molar-refractivity contribution in [1.29, 1.82) is 0 Å². The molecule has 1 aliphatic rings. The summed E-state index contributed by atoms with van der Waals surface area (Å²) in [6, 6.07) is 2.92. The first-order chi connectivity index (χ1) is 7.51. The van der Waals surface area contributed by atoms with E-state index in [9.17, 15) is 9.90 Å². The summed E-state index contributed by atoms with van der Waals surface area (Å²) >= 11 is 0. The Balaban J connectivity index is 2.15. The Bertz CT molecular complexity index is 373. The van der Waals surface area contributed by atoms with Gasteiger partial charge < -0.3 is 10.0 Å². The van der Waals surface area contributed by atoms with E-state index in [4.69, 9.17) is 0 Å². The number of carbonyl (C=O) groups excluding carboxylic acids is 1. The topological polar surface area (TPSA) is 69.2 Å². The predicted molar refractivity (Wildman–Crippen MR) is 57.7 cm³/mol. The number of aliphatic hydroxyl groups is 1. The van der Waals surface area contributed by atoms with Crippen LogP contribution in [0.2, 0.25) is 0 Å². The molecule has 1 aromatic rings. The van der Waals surface area contributed by atoms with Gasteiger partial charge in [-0.15, -0.1) is 0 Å². The number of carbonyl (C=O) groups is 1. The zero-order valence-corrected chi connectivity index (χ0v) is 9.53. The molecule has 1 fully saturated rings. The van der Waals surface area contributed by atoms with E-state index >= 15 is 0 Å². The lowest BCUT2D eigenvalue weighted by molar-refractivity contribution is -0.135. The summed E-state index contributed by atoms with van der Waals surface area (Å²) in [5.74, 6) is -0.00704. The number of H-pyrrole nitrogens is 1. The highest BCUT2D eigenvalue weighted by Crippen LogP contribution is 2.25. The number of likely N-dealkylation sites (tertiary alicyclic amines) is 1. The highest BCUT2D eigenvalue weighted by molar-refractivity contribution is 5.87. The molecule has 0 spiro atoms. The molecule has 1 aliphatic heterocycles. The fourth-order valence-electron chi connectivity index (χ4n) is 1.97. The van der Waals surface area contributed by atoms with Crippen LogP contribution < -0.4 is 0 Å². The number of amides is 1. The van der Waals surface area contributed by atoms with Gasteiger partial charge in [-0.05, 0) is 20.3 Å². The van der Waals surface area contributed by atoms with Gasteiger partial charge in [0.2, 0.25) is 5.91 Å². The van der Waals surface area contributed by atoms with E-state index in [-0.39, 0.29) is 12.0 Å². The van der Waals surface area contributed by atoms with Crippen LogP contribution in [0.3, 0.4) is 0 Å². The van der Waals surface area contributed by atoms with Crippen LogP contribution in [0.15, 0.2) is 6.20 Å². The van der Waals surface area contributed by atoms with Crippen molar-refractivity contribution in [3.05, 3.63) is 18.0 Å². The normalized spacial score (nSPS) is 21.4. The van der Waals surface area contributed by atoms with Crippen molar-refractivity contribution >= 4 is 5.91 Å². The molecule has 2 N–H and O–H groups in total. The number of aliphatic hydroxyl groups excluding tert-OH is 1. The monoisotopic (exact) mass is 222 g/mol. The second-order valence-electron chi connectivity index (χ2n) is 4.70. The van der Waals surface area contributed by atoms with Crippen LogP contribution in [0.5, 0.6) is 0 Å². The lowest BCUT2D eigenvalue weighted by Crippen LogP contribution is -2.43. The Hall–Kier alpha value is -1.36. The molecule has 87 valence electrons. The third-order valence-electron chi connectivity index (χ3n) is 3.03. The molecule has 1 atom stereocenters. The van der Waals surface area contributed by atoms with Crippen molar-refractivity contribution in [2.75, 3.05) is 13.1 Å². The lowest BCUT2D eigenvalue weighted by atomic mass is 9.88. The fraction of sp³-hybridized carbons (Fsp3) is 0.636. The molecule has 1 aromatic heterocycles. The lowest BCUT2D eigenvalue weighted by Gasteiger charge is -2.27. The quantitative estimate of drug-likeness (QED) is 0.744. The van der Waals surface area contributed by atoms with Crippen molar-refractivity contribution in [2.45, 2.75) is 31.8 Å². The minimum absolute atomic E-state index is 0.00704. The van der Waals surface area contributed by atoms with Gasteiger partial charge in [0.1, 0.15) is 0 Å². The van der Waals surface area contributed by atoms with E-state index in [0.29, 0.717) is 25.2 Å². The third-order valence-corrected chi connectivity index (χ3v) is 3.03. The maximum Gasteiger partial charge on any atom is 0.234 e. The van der Waals surface area contributed by atoms with Gasteiger partial charge in [0, 0.05) is 25.4 Å². The summed E-state index contributed by atoms with van der Waals surface area (Å²) in [5, 5.41) is 16.1. The Morgan fingerprint density at radius 3 is 3.00 bits per heavy atom. The molecule has 2 rings (SSSR count). The molecule has 0 aromatic carbocycles. The summed E-state index contributed by atoms with van der Waals surface area (Å²) in [5.41, 5.74) is -0.0803. The average Bonchev–Trinajstić information content (AvgIpc) is 2.86. The molecule has 1 saturated heterocycles. The van der Waals surface area contributed by atoms with Gasteiger partial charge >= 0.3 is 0 Å². The maximum atomic E-state index is 12.3. The van der Waals surface area contributed by atoms with Gasteiger partial charge in [-0.1, -0.05) is 0 Å². The number of aromatic amines is 1. The summed E-state index contributed by atoms with van der Waals surface area (Å²) in [7, 11) is 0. The largest absolute Gasteiger partial charge is 0.391 e. The number of aromatic nitrogens is 2. The summed E-state index contributed by atoms with van der Waals surface area (Å²) < 4.78 is 0. The van der Waals surface area contributed by atoms with Crippen LogP contribution in [0.1, 0.15) is 26.0 Å². The zero-order chi connectivity index (χ0) is 11.8. The van der Waals surface area contributed by atoms with E-state index < -0.39 is 5.41 Å². The average molecular weight is 222 g/mol. The molecule has 5 heteroatoms. The number of hydrogen-bond acceptors (Lipinski definition) is 3. The SMILES string of the molecule is CC(C)(C(=O)N1CCC(O)C1)c1[c]c[nH]n1. The van der Waals surface area contributed by atoms with Gasteiger partial charge in [0.15, 0.2) is 0 Å². The van der Waals surface area contributed by atoms with Crippen LogP contribution in [0.4, 0.5) is 0 Å². The van der Waals surface area contributed by atoms with Crippen molar-refractivity contribution in [3.8, 4) is 0 Å². The molecule has 1 amide bonds. The second kappa shape index (κ2) is 3.90. The number of nitrogens with one attached hydrogen (secondary N) is 1. The van der Waals surface area contributed by atoms with E-state index in [0.717, 1.165) is 0 Å². The van der Waals surface area contributed by atoms with Crippen molar-refractivity contribution in [2.24, 2.45) is 0 Å². The number of rotatable bonds is 2. The highest BCUT2D eigenvalue weighted by atomic mass is 16.3. The van der Waals surface area contributed by atoms with Gasteiger partial charge in [0.25, 0.3) is 0 Å². The number of β-amino-alcohol motifs (C(OH)–C–C–N with tert-alkyl or cyclic N) is 1. The maximum absolute atomic E-state index is 12.3. The Morgan fingerprint density at radius 2 is 2.50 bits per heavy atom. The van der Waals surface area contributed by atoms with Gasteiger partial charge in [-0.3, -0.25) is 9.89 Å². The Morgan fingerprint density at radius 1 is 1.75 bits per heavy atom. The van der Waals surface area contributed by atoms with Crippen LogP contribution in [0.25, 0.3) is 0 Å². The zero-order valence-electron chi connectivity index (χ0n) is 9.53. The molecule has 1 radical (unpaired) electrons. The van der Waals surface area contributed by atoms with Gasteiger partial charge in [0.05, 0.1) is 17.2 Å². The second-order valence-corrected chi connectivity index (χ2v) is 4.70. The molecule has 0 saturated carbocycles. The standard InChI is InChI=1S/C11H16N3O2/c1-11(2,9-3-5-12-13-9)10(16)14-6-4-8(15)7-14/h5,8,15H,4,6-7H2,1-2H3,(H,12,13). The predicted octanol–water partition coefficient (Wildman–Crippen LogP) is 0.0807. The molecule has 0 aliphatic carbocycles. The smallest absolute Gasteiger partial charge is 0.234 e. The first kappa shape index (κ1) is 11.1. The molecular formula is C11H16N3O2. The van der Waals surface area contributed by atoms with Crippen molar-refractivity contribution in [1.82, 2.24) is 15.1 Å². The van der Waals surface area contributed by atoms with Crippen molar-refractivity contribution in [3.63, 3.8) is 0 Å². The number of hydrogen-bond donors (Lipinski definition) is 2. The van der Waals surface area contributed by atoms with E-state index in [2.05, 4.69) is 16.3 Å². The fourth-order valence-corrected chi connectivity index (χ4v) is 1.97. The van der Waals surface area contributed by atoms with E-state index in [1.54, 1.807) is 11.1 Å². The van der Waals surface area contributed by atoms with Gasteiger partial charge in [-0.25, -0.2) is 0 Å². The molecular weight excluding hydrogens is 206 g/mol. The van der Waals surface area contributed by atoms with Crippen molar-refractivity contribution < 1.29 is 9.90 Å². The first-order valence-corrected chi connectivity index (χ1v) is 5.41. The van der Waals surface area contributed by atoms with Gasteiger partial charge in [-0.2, -0.15) is 5.10 Å². The Kier molecular flexibility index (Phi) is 2.71. The van der Waals surface area contributed by atoms with Crippen LogP contribution in [-0.4, -0.2) is 45.3 Å². The molecule has 1 unspecified atom stereocenters. The molecule has 0 bridgehead atoms. The first-order valence-electron chi connectivity index (χ1n) is 5.41. The van der Waals surface area contributed by atoms with E-state index in [1.807, 2.05) is 13.8 Å². The summed E-state index contributed by atoms with van der Waals surface area (Å²) in [4.78, 5) is 13.9. The molecule has 5 nitrogen and oxygen atoms in total. The number of nitrogens with zero attached hydrogens (tertiary/aromatic N) is 2. The minimum Gasteiger partial charge on any atom is -0.391 e. The Labute approximate surface area is 94.5 Å². The minimum atomic E-state index is -0.690. The van der Waals surface area contributed by atoms with Crippen LogP contribution in [-0.2, 0) is 10.2 Å². The molecule has 16 heavy (non-hydrogen) atoms. The molecule has 2 heterocycles. The highest BCUT2D eigenvalue weighted by Gasteiger charge is 2.38. The van der Waals surface area contributed by atoms with E-state index in [1.165, 1.54) is 0 Å². The van der Waals surface area contributed by atoms with Crippen LogP contribution >= 0.6 is 0 Å². The third kappa shape index (κ3) is 1.82. The summed E-state index contributed by atoms with van der Waals surface area (Å²) in [6.07, 6.45) is 1.86.